The van der Waals surface area contributed by atoms with Crippen LogP contribution in [-0.4, -0.2) is 19.1 Å². The average molecular weight is 450 g/mol. The van der Waals surface area contributed by atoms with Crippen LogP contribution in [0.5, 0.6) is 0 Å². The first-order chi connectivity index (χ1) is 15.2. The Bertz CT molecular complexity index is 636. The normalized spacial score (nSPS) is 13.2. The van der Waals surface area contributed by atoms with Crippen molar-refractivity contribution in [2.24, 2.45) is 0 Å². The van der Waals surface area contributed by atoms with Gasteiger partial charge in [-0.3, -0.25) is 0 Å². The molecule has 0 aliphatic rings. The first-order valence-electron chi connectivity index (χ1n) is 10.9. The molecule has 1 atom stereocenters. The number of rotatable bonds is 19. The van der Waals surface area contributed by atoms with E-state index >= 15 is 0 Å². The summed E-state index contributed by atoms with van der Waals surface area (Å²) in [5.74, 6) is -0.592. The largest absolute Gasteiger partial charge is 0.566 e. The highest BCUT2D eigenvalue weighted by molar-refractivity contribution is 7.30. The molecule has 0 bridgehead atoms. The molecule has 0 aliphatic heterocycles. The van der Waals surface area contributed by atoms with Crippen molar-refractivity contribution in [3.63, 3.8) is 0 Å². The van der Waals surface area contributed by atoms with Crippen molar-refractivity contribution in [2.75, 3.05) is 13.2 Å². The van der Waals surface area contributed by atoms with Crippen molar-refractivity contribution in [1.29, 1.82) is 0 Å². The Balaban J connectivity index is 3.69. The minimum absolute atomic E-state index is 0.0806. The molecular formula is C24H36NO5P. The third-order valence-corrected chi connectivity index (χ3v) is 4.31. The van der Waals surface area contributed by atoms with E-state index in [9.17, 15) is 14.3 Å². The number of carbonyl (C=O) groups excluding carboxylic acids is 1. The Morgan fingerprint density at radius 2 is 1.39 bits per heavy atom. The van der Waals surface area contributed by atoms with Crippen LogP contribution >= 0.6 is 8.25 Å². The predicted molar refractivity (Wildman–Crippen MR) is 125 cm³/mol. The van der Waals surface area contributed by atoms with Gasteiger partial charge >= 0.3 is 14.2 Å². The Kier molecular flexibility index (Phi) is 22.5. The van der Waals surface area contributed by atoms with E-state index in [1.165, 1.54) is 51.0 Å². The summed E-state index contributed by atoms with van der Waals surface area (Å²) in [5.41, 5.74) is 2.30. The zero-order valence-electron chi connectivity index (χ0n) is 18.5. The minimum Gasteiger partial charge on any atom is -0.566 e. The average Bonchev–Trinajstić information content (AvgIpc) is 2.75. The molecular weight excluding hydrogens is 413 g/mol. The van der Waals surface area contributed by atoms with Crippen LogP contribution in [0.4, 0.5) is 0 Å². The number of unbranched alkanes of at least 4 members (excludes halogenated alkanes) is 7. The van der Waals surface area contributed by atoms with Crippen LogP contribution in [0.25, 0.3) is 0 Å². The van der Waals surface area contributed by atoms with E-state index in [1.54, 1.807) is 18.2 Å². The molecule has 0 fully saturated rings. The molecule has 7 heteroatoms. The standard InChI is InChI=1S/C24H36NO5P/c1-2-3-4-5-6-7-8-9-10-11-12-13-14-15-16-17-18-19-20-21-24(26)30-25-22-23-29-31(27)28/h10-21,25H,2-9,22-23H2,1H3. The maximum atomic E-state index is 11.3. The maximum absolute atomic E-state index is 11.3. The zero-order chi connectivity index (χ0) is 22.8. The van der Waals surface area contributed by atoms with Crippen molar-refractivity contribution >= 4 is 14.2 Å². The van der Waals surface area contributed by atoms with E-state index in [2.05, 4.69) is 33.9 Å². The van der Waals surface area contributed by atoms with Crippen LogP contribution < -0.4 is 10.4 Å². The predicted octanol–water partition coefficient (Wildman–Crippen LogP) is 5.55. The first-order valence-corrected chi connectivity index (χ1v) is 12.0. The van der Waals surface area contributed by atoms with Gasteiger partial charge in [0.2, 0.25) is 0 Å². The highest BCUT2D eigenvalue weighted by Gasteiger charge is 2.01. The summed E-state index contributed by atoms with van der Waals surface area (Å²) in [5, 5.41) is 0. The molecule has 0 radical (unpaired) electrons. The number of hydrogen-bond acceptors (Lipinski definition) is 6. The molecule has 0 rings (SSSR count). The van der Waals surface area contributed by atoms with Gasteiger partial charge in [-0.1, -0.05) is 112 Å². The van der Waals surface area contributed by atoms with Gasteiger partial charge in [-0.25, -0.2) is 4.79 Å². The lowest BCUT2D eigenvalue weighted by Gasteiger charge is -2.00. The highest BCUT2D eigenvalue weighted by Crippen LogP contribution is 2.08. The van der Waals surface area contributed by atoms with Crippen LogP contribution in [0.3, 0.4) is 0 Å². The van der Waals surface area contributed by atoms with E-state index in [0.717, 1.165) is 6.42 Å². The maximum Gasteiger partial charge on any atom is 0.488 e. The number of allylic oxidation sites excluding steroid dienone is 11. The quantitative estimate of drug-likeness (QED) is 0.0915. The lowest BCUT2D eigenvalue weighted by Crippen LogP contribution is -2.22. The van der Waals surface area contributed by atoms with Crippen molar-refractivity contribution in [2.45, 2.75) is 58.3 Å². The molecule has 31 heavy (non-hydrogen) atoms. The van der Waals surface area contributed by atoms with E-state index in [0.29, 0.717) is 0 Å². The number of hydrogen-bond donors (Lipinski definition) is 1. The van der Waals surface area contributed by atoms with Crippen LogP contribution in [0.15, 0.2) is 72.9 Å². The summed E-state index contributed by atoms with van der Waals surface area (Å²) in [7, 11) is -2.88. The molecule has 0 aromatic heterocycles. The topological polar surface area (TPSA) is 87.7 Å². The highest BCUT2D eigenvalue weighted by atomic mass is 31.1. The second-order valence-corrected chi connectivity index (χ2v) is 7.31. The fourth-order valence-corrected chi connectivity index (χ4v) is 2.60. The molecule has 0 aliphatic carbocycles. The van der Waals surface area contributed by atoms with Gasteiger partial charge in [-0.05, 0) is 17.4 Å². The molecule has 0 spiro atoms. The van der Waals surface area contributed by atoms with Gasteiger partial charge in [0.1, 0.15) is 6.61 Å². The van der Waals surface area contributed by atoms with E-state index < -0.39 is 14.2 Å². The number of carbonyl (C=O) groups is 1. The lowest BCUT2D eigenvalue weighted by atomic mass is 10.1. The fourth-order valence-electron chi connectivity index (χ4n) is 2.36. The van der Waals surface area contributed by atoms with Gasteiger partial charge in [0.05, 0.1) is 6.54 Å². The van der Waals surface area contributed by atoms with Gasteiger partial charge in [-0.15, -0.1) is 4.52 Å². The van der Waals surface area contributed by atoms with E-state index in [-0.39, 0.29) is 13.2 Å². The summed E-state index contributed by atoms with van der Waals surface area (Å²) in [6, 6.07) is 0. The number of hydroxylamine groups is 1. The smallest absolute Gasteiger partial charge is 0.488 e. The Labute approximate surface area is 188 Å². The molecule has 0 amide bonds. The second-order valence-electron chi connectivity index (χ2n) is 6.61. The molecule has 0 aromatic rings. The Morgan fingerprint density at radius 1 is 0.839 bits per heavy atom. The van der Waals surface area contributed by atoms with Gasteiger partial charge in [0, 0.05) is 6.08 Å². The fraction of sp³-hybridized carbons (Fsp3) is 0.458. The zero-order valence-corrected chi connectivity index (χ0v) is 19.4. The van der Waals surface area contributed by atoms with Gasteiger partial charge < -0.3 is 9.73 Å². The number of nitrogens with one attached hydrogen (secondary N) is 1. The second kappa shape index (κ2) is 24.2. The van der Waals surface area contributed by atoms with Gasteiger partial charge in [-0.2, -0.15) is 5.48 Å². The van der Waals surface area contributed by atoms with Crippen molar-refractivity contribution < 1.29 is 23.6 Å². The van der Waals surface area contributed by atoms with Crippen molar-refractivity contribution in [3.8, 4) is 0 Å². The molecule has 172 valence electrons. The van der Waals surface area contributed by atoms with Crippen molar-refractivity contribution in [1.82, 2.24) is 5.48 Å². The summed E-state index contributed by atoms with van der Waals surface area (Å²) in [6.45, 7) is 2.23. The van der Waals surface area contributed by atoms with E-state index in [4.69, 9.17) is 0 Å². The molecule has 1 unspecified atom stereocenters. The summed E-state index contributed by atoms with van der Waals surface area (Å²) in [6.07, 6.45) is 32.7. The summed E-state index contributed by atoms with van der Waals surface area (Å²) >= 11 is 0. The van der Waals surface area contributed by atoms with Crippen LogP contribution in [0, 0.1) is 0 Å². The third-order valence-electron chi connectivity index (χ3n) is 3.92. The molecule has 0 saturated carbocycles. The molecule has 6 nitrogen and oxygen atoms in total. The first kappa shape index (κ1) is 28.9. The SMILES string of the molecule is CCCCCCCCCC=CC=CC=CC=CC=CC=CC(=O)ONCCO[P+](=O)[O-]. The monoisotopic (exact) mass is 449 g/mol. The summed E-state index contributed by atoms with van der Waals surface area (Å²) in [4.78, 5) is 26.1. The van der Waals surface area contributed by atoms with Crippen molar-refractivity contribution in [3.05, 3.63) is 72.9 Å². The van der Waals surface area contributed by atoms with Crippen LogP contribution in [0.2, 0.25) is 0 Å². The van der Waals surface area contributed by atoms with Crippen LogP contribution in [-0.2, 0) is 18.7 Å². The lowest BCUT2D eigenvalue weighted by molar-refractivity contribution is -0.185. The molecule has 0 aromatic carbocycles. The minimum atomic E-state index is -2.88. The van der Waals surface area contributed by atoms with Gasteiger partial charge in [0.25, 0.3) is 0 Å². The molecule has 1 N–H and O–H groups in total. The Hall–Kier alpha value is -2.11. The molecule has 0 saturated heterocycles. The van der Waals surface area contributed by atoms with Crippen LogP contribution in [0.1, 0.15) is 58.3 Å². The Morgan fingerprint density at radius 3 is 2.00 bits per heavy atom. The summed E-state index contributed by atoms with van der Waals surface area (Å²) < 4.78 is 14.4. The molecule has 0 heterocycles. The van der Waals surface area contributed by atoms with E-state index in [1.807, 2.05) is 36.5 Å². The van der Waals surface area contributed by atoms with Gasteiger partial charge in [0.15, 0.2) is 0 Å². The third kappa shape index (κ3) is 25.9.